The third-order valence-electron chi connectivity index (χ3n) is 5.47. The Kier molecular flexibility index (Phi) is 6.74. The fourth-order valence-electron chi connectivity index (χ4n) is 3.66. The topological polar surface area (TPSA) is 37.2 Å². The number of rotatable bonds is 5. The highest BCUT2D eigenvalue weighted by Gasteiger charge is 2.74. The molecule has 0 aliphatic carbocycles. The van der Waals surface area contributed by atoms with Crippen molar-refractivity contribution in [2.45, 2.75) is 24.6 Å². The lowest BCUT2D eigenvalue weighted by Gasteiger charge is -2.39. The number of hydrogen-bond acceptors (Lipinski definition) is 4. The molecule has 188 valence electrons. The summed E-state index contributed by atoms with van der Waals surface area (Å²) in [6.07, 6.45) is -11.7. The van der Waals surface area contributed by atoms with E-state index in [0.717, 1.165) is 0 Å². The van der Waals surface area contributed by atoms with Crippen LogP contribution in [0.25, 0.3) is 0 Å². The van der Waals surface area contributed by atoms with Crippen molar-refractivity contribution in [3.05, 3.63) is 101 Å². The van der Waals surface area contributed by atoms with E-state index in [1.807, 2.05) is 0 Å². The summed E-state index contributed by atoms with van der Waals surface area (Å²) >= 11 is 5.92. The van der Waals surface area contributed by atoms with Crippen LogP contribution in [0.5, 0.6) is 5.75 Å². The van der Waals surface area contributed by atoms with Crippen LogP contribution in [0.4, 0.5) is 26.3 Å². The second-order valence-corrected chi connectivity index (χ2v) is 8.28. The van der Waals surface area contributed by atoms with Crippen molar-refractivity contribution in [1.82, 2.24) is 4.90 Å². The highest BCUT2D eigenvalue weighted by atomic mass is 35.5. The maximum atomic E-state index is 14.2. The zero-order valence-corrected chi connectivity index (χ0v) is 19.4. The second-order valence-electron chi connectivity index (χ2n) is 7.85. The van der Waals surface area contributed by atoms with E-state index in [0.29, 0.717) is 11.3 Å². The maximum Gasteiger partial charge on any atom is 0.443 e. The summed E-state index contributed by atoms with van der Waals surface area (Å²) < 4.78 is 90.2. The van der Waals surface area contributed by atoms with Crippen LogP contribution in [0.15, 0.2) is 88.8 Å². The predicted octanol–water partition coefficient (Wildman–Crippen LogP) is 6.88. The van der Waals surface area contributed by atoms with Gasteiger partial charge in [0.2, 0.25) is 0 Å². The number of halogens is 7. The minimum absolute atomic E-state index is 0.00844. The number of aliphatic imine (C=N–C) groups is 2. The Morgan fingerprint density at radius 3 is 1.72 bits per heavy atom. The van der Waals surface area contributed by atoms with Gasteiger partial charge in [-0.15, -0.1) is 0 Å². The first kappa shape index (κ1) is 25.6. The van der Waals surface area contributed by atoms with Gasteiger partial charge in [-0.2, -0.15) is 26.3 Å². The quantitative estimate of drug-likeness (QED) is 0.341. The molecule has 0 atom stereocenters. The molecule has 36 heavy (non-hydrogen) atoms. The van der Waals surface area contributed by atoms with Crippen molar-refractivity contribution in [2.24, 2.45) is 9.98 Å². The summed E-state index contributed by atoms with van der Waals surface area (Å²) in [6.45, 7) is -0.120. The summed E-state index contributed by atoms with van der Waals surface area (Å²) in [5.74, 6) is -0.541. The second kappa shape index (κ2) is 9.50. The van der Waals surface area contributed by atoms with Gasteiger partial charge in [0, 0.05) is 16.1 Å². The predicted molar refractivity (Wildman–Crippen MR) is 124 cm³/mol. The van der Waals surface area contributed by atoms with Gasteiger partial charge in [-0.1, -0.05) is 54.1 Å². The molecule has 3 aromatic rings. The van der Waals surface area contributed by atoms with Gasteiger partial charge in [-0.3, -0.25) is 0 Å². The molecular weight excluding hydrogens is 508 g/mol. The van der Waals surface area contributed by atoms with E-state index in [-0.39, 0.29) is 22.7 Å². The molecule has 0 radical (unpaired) electrons. The summed E-state index contributed by atoms with van der Waals surface area (Å²) in [5.41, 5.74) is -4.05. The summed E-state index contributed by atoms with van der Waals surface area (Å²) in [7, 11) is 1.47. The lowest BCUT2D eigenvalue weighted by atomic mass is 10.0. The average Bonchev–Trinajstić information content (AvgIpc) is 2.84. The van der Waals surface area contributed by atoms with Crippen molar-refractivity contribution < 1.29 is 31.1 Å². The van der Waals surface area contributed by atoms with Gasteiger partial charge < -0.3 is 9.64 Å². The van der Waals surface area contributed by atoms with E-state index in [1.165, 1.54) is 60.5 Å². The molecule has 4 rings (SSSR count). The third kappa shape index (κ3) is 4.77. The molecule has 0 fully saturated rings. The zero-order chi connectivity index (χ0) is 26.1. The molecule has 1 aliphatic rings. The molecular formula is C25H18ClF6N3O. The smallest absolute Gasteiger partial charge is 0.443 e. The largest absolute Gasteiger partial charge is 0.497 e. The molecule has 1 heterocycles. The first-order valence-corrected chi connectivity index (χ1v) is 10.9. The number of methoxy groups -OCH3 is 1. The first-order chi connectivity index (χ1) is 16.9. The van der Waals surface area contributed by atoms with E-state index in [2.05, 4.69) is 9.98 Å². The van der Waals surface area contributed by atoms with E-state index < -0.39 is 29.7 Å². The molecule has 0 unspecified atom stereocenters. The van der Waals surface area contributed by atoms with Crippen molar-refractivity contribution in [1.29, 1.82) is 0 Å². The molecule has 1 aliphatic heterocycles. The van der Waals surface area contributed by atoms with Gasteiger partial charge in [-0.25, -0.2) is 9.98 Å². The van der Waals surface area contributed by atoms with Crippen LogP contribution in [0.1, 0.15) is 16.7 Å². The fraction of sp³-hybridized carbons (Fsp3) is 0.200. The summed E-state index contributed by atoms with van der Waals surface area (Å²) in [5, 5.41) is 0.256. The Bertz CT molecular complexity index is 1260. The number of amidine groups is 2. The first-order valence-electron chi connectivity index (χ1n) is 10.5. The number of hydrogen-bond donors (Lipinski definition) is 0. The Morgan fingerprint density at radius 2 is 1.25 bits per heavy atom. The van der Waals surface area contributed by atoms with Crippen LogP contribution in [0, 0.1) is 0 Å². The number of benzene rings is 3. The van der Waals surface area contributed by atoms with Crippen LogP contribution in [-0.2, 0) is 6.54 Å². The Morgan fingerprint density at radius 1 is 0.750 bits per heavy atom. The SMILES string of the molecule is COc1ccc(CN2C(c3ccccc3)=NC(C(F)(F)F)(C(F)(F)F)N=C2c2ccc(Cl)cc2)cc1. The molecule has 0 saturated carbocycles. The monoisotopic (exact) mass is 525 g/mol. The third-order valence-corrected chi connectivity index (χ3v) is 5.72. The highest BCUT2D eigenvalue weighted by Crippen LogP contribution is 2.49. The summed E-state index contributed by atoms with van der Waals surface area (Å²) in [6, 6.07) is 19.3. The number of ether oxygens (including phenoxy) is 1. The minimum atomic E-state index is -5.87. The molecule has 0 saturated heterocycles. The Hall–Kier alpha value is -3.53. The van der Waals surface area contributed by atoms with Crippen LogP contribution in [0.3, 0.4) is 0 Å². The van der Waals surface area contributed by atoms with E-state index in [9.17, 15) is 26.3 Å². The minimum Gasteiger partial charge on any atom is -0.497 e. The molecule has 0 spiro atoms. The standard InChI is InChI=1S/C25H18ClF6N3O/c1-36-20-13-7-16(8-14-20)15-35-21(17-5-3-2-4-6-17)33-23(24(27,28)29,25(30,31)32)34-22(35)18-9-11-19(26)12-10-18/h2-14H,15H2,1H3. The molecule has 4 nitrogen and oxygen atoms in total. The Labute approximate surface area is 207 Å². The normalized spacial score (nSPS) is 15.8. The zero-order valence-electron chi connectivity index (χ0n) is 18.6. The van der Waals surface area contributed by atoms with E-state index in [4.69, 9.17) is 16.3 Å². The van der Waals surface area contributed by atoms with Gasteiger partial charge in [0.25, 0.3) is 0 Å². The van der Waals surface area contributed by atoms with Crippen LogP contribution in [-0.4, -0.2) is 41.7 Å². The molecule has 11 heteroatoms. The molecule has 0 N–H and O–H groups in total. The van der Waals surface area contributed by atoms with Crippen LogP contribution >= 0.6 is 11.6 Å². The van der Waals surface area contributed by atoms with Crippen molar-refractivity contribution in [3.63, 3.8) is 0 Å². The van der Waals surface area contributed by atoms with Gasteiger partial charge in [0.05, 0.1) is 13.7 Å². The van der Waals surface area contributed by atoms with Gasteiger partial charge in [-0.05, 0) is 42.0 Å². The summed E-state index contributed by atoms with van der Waals surface area (Å²) in [4.78, 5) is 7.80. The maximum absolute atomic E-state index is 14.2. The van der Waals surface area contributed by atoms with Crippen LogP contribution < -0.4 is 4.74 Å². The van der Waals surface area contributed by atoms with Crippen molar-refractivity contribution >= 4 is 23.3 Å². The fourth-order valence-corrected chi connectivity index (χ4v) is 3.78. The molecule has 3 aromatic carbocycles. The lowest BCUT2D eigenvalue weighted by Crippen LogP contribution is -2.59. The highest BCUT2D eigenvalue weighted by molar-refractivity contribution is 6.30. The number of alkyl halides is 6. The average molecular weight is 526 g/mol. The van der Waals surface area contributed by atoms with Crippen LogP contribution in [0.2, 0.25) is 5.02 Å². The number of nitrogens with zero attached hydrogens (tertiary/aromatic N) is 3. The van der Waals surface area contributed by atoms with E-state index in [1.54, 1.807) is 30.3 Å². The van der Waals surface area contributed by atoms with E-state index >= 15 is 0 Å². The molecule has 0 amide bonds. The van der Waals surface area contributed by atoms with Crippen molar-refractivity contribution in [3.8, 4) is 5.75 Å². The van der Waals surface area contributed by atoms with Gasteiger partial charge in [0.15, 0.2) is 0 Å². The lowest BCUT2D eigenvalue weighted by molar-refractivity contribution is -0.293. The molecule has 0 aromatic heterocycles. The van der Waals surface area contributed by atoms with Gasteiger partial charge in [0.1, 0.15) is 17.4 Å². The van der Waals surface area contributed by atoms with Gasteiger partial charge >= 0.3 is 18.0 Å². The molecule has 0 bridgehead atoms. The van der Waals surface area contributed by atoms with Crippen molar-refractivity contribution in [2.75, 3.05) is 7.11 Å². The Balaban J connectivity index is 1.99.